The zero-order valence-electron chi connectivity index (χ0n) is 14.8. The summed E-state index contributed by atoms with van der Waals surface area (Å²) in [4.78, 5) is 15.3. The fraction of sp³-hybridized carbons (Fsp3) is 0.200. The Labute approximate surface area is 158 Å². The molecule has 1 aliphatic rings. The number of benzene rings is 2. The van der Waals surface area contributed by atoms with Gasteiger partial charge in [-0.15, -0.1) is 0 Å². The Balaban J connectivity index is 1.44. The maximum Gasteiger partial charge on any atom is 0.300 e. The van der Waals surface area contributed by atoms with Gasteiger partial charge in [0.15, 0.2) is 17.7 Å². The van der Waals surface area contributed by atoms with Crippen LogP contribution in [0.4, 0.5) is 13.2 Å². The lowest BCUT2D eigenvalue weighted by Gasteiger charge is -2.12. The molecule has 1 aliphatic heterocycles. The first-order valence-corrected chi connectivity index (χ1v) is 8.53. The Morgan fingerprint density at radius 2 is 1.93 bits per heavy atom. The van der Waals surface area contributed by atoms with Crippen LogP contribution in [0.2, 0.25) is 0 Å². The summed E-state index contributed by atoms with van der Waals surface area (Å²) in [6, 6.07) is 9.32. The van der Waals surface area contributed by atoms with Gasteiger partial charge in [-0.25, -0.2) is 13.2 Å². The van der Waals surface area contributed by atoms with Crippen molar-refractivity contribution in [2.24, 2.45) is 0 Å². The van der Waals surface area contributed by atoms with Crippen LogP contribution < -0.4 is 15.0 Å². The van der Waals surface area contributed by atoms with Crippen LogP contribution in [0, 0.1) is 24.4 Å². The summed E-state index contributed by atoms with van der Waals surface area (Å²) in [5.74, 6) is -2.71. The van der Waals surface area contributed by atoms with Crippen molar-refractivity contribution in [2.75, 3.05) is 6.61 Å². The van der Waals surface area contributed by atoms with Gasteiger partial charge < -0.3 is 9.47 Å². The molecule has 0 amide bonds. The molecule has 4 rings (SSSR count). The SMILES string of the molecule is Cc1cc(=O)nc2n1C[C@@H](COc1ccc(-c3cc(F)cc(F)c3F)cc1)O2. The first-order valence-electron chi connectivity index (χ1n) is 8.53. The predicted octanol–water partition coefficient (Wildman–Crippen LogP) is 3.48. The van der Waals surface area contributed by atoms with Gasteiger partial charge in [0.2, 0.25) is 0 Å². The number of nitrogens with zero attached hydrogens (tertiary/aromatic N) is 2. The minimum absolute atomic E-state index is 0.162. The normalized spacial score (nSPS) is 15.2. The number of ether oxygens (including phenoxy) is 2. The monoisotopic (exact) mass is 388 g/mol. The third-order valence-corrected chi connectivity index (χ3v) is 4.45. The van der Waals surface area contributed by atoms with Crippen LogP contribution in [0.25, 0.3) is 11.1 Å². The molecule has 1 atom stereocenters. The quantitative estimate of drug-likeness (QED) is 0.643. The van der Waals surface area contributed by atoms with E-state index in [2.05, 4.69) is 4.98 Å². The molecule has 3 aromatic rings. The lowest BCUT2D eigenvalue weighted by molar-refractivity contribution is 0.143. The molecule has 0 fully saturated rings. The van der Waals surface area contributed by atoms with Gasteiger partial charge in [0.25, 0.3) is 11.6 Å². The standard InChI is InChI=1S/C20H15F3N2O3/c1-11-6-18(26)24-20-25(11)9-15(28-20)10-27-14-4-2-12(3-5-14)16-7-13(21)8-17(22)19(16)23/h2-8,15H,9-10H2,1H3/t15-/m0/s1. The van der Waals surface area contributed by atoms with E-state index in [0.29, 0.717) is 23.9 Å². The molecule has 0 unspecified atom stereocenters. The number of aromatic nitrogens is 2. The summed E-state index contributed by atoms with van der Waals surface area (Å²) in [5.41, 5.74) is 0.559. The van der Waals surface area contributed by atoms with E-state index in [9.17, 15) is 18.0 Å². The van der Waals surface area contributed by atoms with E-state index in [4.69, 9.17) is 9.47 Å². The van der Waals surface area contributed by atoms with E-state index in [1.54, 1.807) is 23.6 Å². The van der Waals surface area contributed by atoms with Crippen LogP contribution in [0.5, 0.6) is 11.8 Å². The molecule has 0 saturated carbocycles. The van der Waals surface area contributed by atoms with E-state index in [0.717, 1.165) is 11.8 Å². The number of fused-ring (bicyclic) bond motifs is 1. The van der Waals surface area contributed by atoms with Crippen LogP contribution in [0.3, 0.4) is 0 Å². The lowest BCUT2D eigenvalue weighted by Crippen LogP contribution is -2.23. The Kier molecular flexibility index (Phi) is 4.54. The summed E-state index contributed by atoms with van der Waals surface area (Å²) < 4.78 is 53.7. The zero-order valence-corrected chi connectivity index (χ0v) is 14.8. The van der Waals surface area contributed by atoms with Crippen molar-refractivity contribution in [3.8, 4) is 22.9 Å². The molecule has 1 aromatic heterocycles. The molecule has 28 heavy (non-hydrogen) atoms. The average molecular weight is 388 g/mol. The summed E-state index contributed by atoms with van der Waals surface area (Å²) in [6.45, 7) is 2.51. The summed E-state index contributed by atoms with van der Waals surface area (Å²) >= 11 is 0. The Bertz CT molecular complexity index is 1100. The zero-order chi connectivity index (χ0) is 19.8. The topological polar surface area (TPSA) is 53.4 Å². The van der Waals surface area contributed by atoms with Gasteiger partial charge in [0.1, 0.15) is 18.2 Å². The molecule has 0 N–H and O–H groups in total. The molecule has 8 heteroatoms. The van der Waals surface area contributed by atoms with Crippen LogP contribution in [-0.2, 0) is 6.54 Å². The van der Waals surface area contributed by atoms with E-state index in [1.807, 2.05) is 0 Å². The first-order chi connectivity index (χ1) is 13.4. The first kappa shape index (κ1) is 18.1. The van der Waals surface area contributed by atoms with Gasteiger partial charge in [-0.2, -0.15) is 4.98 Å². The second-order valence-corrected chi connectivity index (χ2v) is 6.45. The number of rotatable bonds is 4. The third kappa shape index (κ3) is 3.45. The van der Waals surface area contributed by atoms with Crippen molar-refractivity contribution in [2.45, 2.75) is 19.6 Å². The lowest BCUT2D eigenvalue weighted by atomic mass is 10.0. The van der Waals surface area contributed by atoms with E-state index >= 15 is 0 Å². The Morgan fingerprint density at radius 3 is 2.68 bits per heavy atom. The van der Waals surface area contributed by atoms with E-state index in [1.165, 1.54) is 18.2 Å². The molecule has 0 spiro atoms. The van der Waals surface area contributed by atoms with Crippen molar-refractivity contribution in [3.63, 3.8) is 0 Å². The average Bonchev–Trinajstić information content (AvgIpc) is 3.07. The Morgan fingerprint density at radius 1 is 1.18 bits per heavy atom. The highest BCUT2D eigenvalue weighted by Gasteiger charge is 2.25. The minimum atomic E-state index is -1.24. The van der Waals surface area contributed by atoms with Gasteiger partial charge in [-0.05, 0) is 30.7 Å². The van der Waals surface area contributed by atoms with Crippen LogP contribution in [0.1, 0.15) is 5.69 Å². The highest BCUT2D eigenvalue weighted by atomic mass is 19.2. The van der Waals surface area contributed by atoms with Crippen molar-refractivity contribution in [1.82, 2.24) is 9.55 Å². The molecule has 0 saturated heterocycles. The van der Waals surface area contributed by atoms with Crippen LogP contribution >= 0.6 is 0 Å². The fourth-order valence-electron chi connectivity index (χ4n) is 3.07. The van der Waals surface area contributed by atoms with E-state index < -0.39 is 17.5 Å². The van der Waals surface area contributed by atoms with Crippen molar-refractivity contribution >= 4 is 0 Å². The summed E-state index contributed by atoms with van der Waals surface area (Å²) in [7, 11) is 0. The van der Waals surface area contributed by atoms with Crippen molar-refractivity contribution < 1.29 is 22.6 Å². The summed E-state index contributed by atoms with van der Waals surface area (Å²) in [5, 5.41) is 0. The maximum absolute atomic E-state index is 13.9. The smallest absolute Gasteiger partial charge is 0.300 e. The summed E-state index contributed by atoms with van der Waals surface area (Å²) in [6.07, 6.45) is -0.317. The van der Waals surface area contributed by atoms with Gasteiger partial charge in [-0.3, -0.25) is 9.36 Å². The molecule has 144 valence electrons. The van der Waals surface area contributed by atoms with Gasteiger partial charge in [-0.1, -0.05) is 12.1 Å². The largest absolute Gasteiger partial charge is 0.490 e. The predicted molar refractivity (Wildman–Crippen MR) is 94.9 cm³/mol. The fourth-order valence-corrected chi connectivity index (χ4v) is 3.07. The molecule has 0 radical (unpaired) electrons. The second-order valence-electron chi connectivity index (χ2n) is 6.45. The molecule has 0 bridgehead atoms. The number of hydrogen-bond acceptors (Lipinski definition) is 4. The molecule has 0 aliphatic carbocycles. The maximum atomic E-state index is 13.9. The molecular weight excluding hydrogens is 373 g/mol. The minimum Gasteiger partial charge on any atom is -0.490 e. The molecule has 2 aromatic carbocycles. The molecular formula is C20H15F3N2O3. The third-order valence-electron chi connectivity index (χ3n) is 4.45. The van der Waals surface area contributed by atoms with E-state index in [-0.39, 0.29) is 29.8 Å². The van der Waals surface area contributed by atoms with Gasteiger partial charge in [0.05, 0.1) is 6.54 Å². The van der Waals surface area contributed by atoms with Gasteiger partial charge >= 0.3 is 0 Å². The van der Waals surface area contributed by atoms with Gasteiger partial charge in [0, 0.05) is 23.4 Å². The van der Waals surface area contributed by atoms with Crippen LogP contribution in [0.15, 0.2) is 47.3 Å². The highest BCUT2D eigenvalue weighted by molar-refractivity contribution is 5.65. The number of aryl methyl sites for hydroxylation is 1. The number of hydrogen-bond donors (Lipinski definition) is 0. The van der Waals surface area contributed by atoms with Crippen molar-refractivity contribution in [1.29, 1.82) is 0 Å². The highest BCUT2D eigenvalue weighted by Crippen LogP contribution is 2.28. The second kappa shape index (κ2) is 7.03. The van der Waals surface area contributed by atoms with Crippen LogP contribution in [-0.4, -0.2) is 22.3 Å². The number of halogens is 3. The molecule has 2 heterocycles. The van der Waals surface area contributed by atoms with Crippen molar-refractivity contribution in [3.05, 3.63) is 76.0 Å². The molecule has 5 nitrogen and oxygen atoms in total. The Hall–Kier alpha value is -3.29.